The van der Waals surface area contributed by atoms with E-state index in [4.69, 9.17) is 0 Å². The second kappa shape index (κ2) is 6.92. The molecule has 2 amide bonds. The van der Waals surface area contributed by atoms with Gasteiger partial charge in [-0.1, -0.05) is 26.0 Å². The molecule has 1 rings (SSSR count). The van der Waals surface area contributed by atoms with E-state index in [1.54, 1.807) is 0 Å². The lowest BCUT2D eigenvalue weighted by molar-refractivity contribution is -0.124. The highest BCUT2D eigenvalue weighted by Crippen LogP contribution is 2.15. The van der Waals surface area contributed by atoms with Crippen LogP contribution in [0.4, 0.5) is 5.69 Å². The van der Waals surface area contributed by atoms with Gasteiger partial charge in [0.05, 0.1) is 6.54 Å². The molecule has 4 nitrogen and oxygen atoms in total. The fourth-order valence-electron chi connectivity index (χ4n) is 1.69. The molecule has 0 aliphatic carbocycles. The summed E-state index contributed by atoms with van der Waals surface area (Å²) >= 11 is 0. The van der Waals surface area contributed by atoms with Crippen LogP contribution in [0.1, 0.15) is 31.4 Å². The summed E-state index contributed by atoms with van der Waals surface area (Å²) in [5.41, 5.74) is 2.89. The van der Waals surface area contributed by atoms with Crippen molar-refractivity contribution in [3.05, 3.63) is 29.3 Å². The zero-order valence-electron chi connectivity index (χ0n) is 12.0. The van der Waals surface area contributed by atoms with E-state index in [1.165, 1.54) is 0 Å². The van der Waals surface area contributed by atoms with Gasteiger partial charge < -0.3 is 10.6 Å². The van der Waals surface area contributed by atoms with Gasteiger partial charge in [-0.2, -0.15) is 0 Å². The first-order valence-electron chi connectivity index (χ1n) is 6.52. The second-order valence-corrected chi connectivity index (χ2v) is 5.24. The van der Waals surface area contributed by atoms with Crippen molar-refractivity contribution in [3.63, 3.8) is 0 Å². The van der Waals surface area contributed by atoms with E-state index >= 15 is 0 Å². The molecular formula is C15H22N2O2. The van der Waals surface area contributed by atoms with Crippen molar-refractivity contribution in [3.8, 4) is 0 Å². The molecule has 0 radical (unpaired) electrons. The molecule has 1 aromatic rings. The maximum absolute atomic E-state index is 11.7. The molecule has 0 aromatic heterocycles. The number of amides is 2. The van der Waals surface area contributed by atoms with Gasteiger partial charge in [0, 0.05) is 12.1 Å². The van der Waals surface area contributed by atoms with Gasteiger partial charge in [0.25, 0.3) is 0 Å². The summed E-state index contributed by atoms with van der Waals surface area (Å²) in [5, 5.41) is 5.42. The summed E-state index contributed by atoms with van der Waals surface area (Å²) in [4.78, 5) is 23.2. The molecule has 0 unspecified atom stereocenters. The van der Waals surface area contributed by atoms with Crippen LogP contribution in [-0.4, -0.2) is 18.4 Å². The van der Waals surface area contributed by atoms with Crippen LogP contribution in [0, 0.1) is 19.8 Å². The minimum atomic E-state index is -0.203. The Balaban J connectivity index is 2.47. The van der Waals surface area contributed by atoms with Crippen molar-refractivity contribution in [1.82, 2.24) is 5.32 Å². The SMILES string of the molecule is Cc1ccc(C)c(NC(=O)CNC(=O)CC(C)C)c1. The number of nitrogens with one attached hydrogen (secondary N) is 2. The van der Waals surface area contributed by atoms with Crippen LogP contribution >= 0.6 is 0 Å². The van der Waals surface area contributed by atoms with E-state index in [0.717, 1.165) is 16.8 Å². The third-order valence-corrected chi connectivity index (χ3v) is 2.71. The first kappa shape index (κ1) is 15.2. The Labute approximate surface area is 114 Å². The van der Waals surface area contributed by atoms with E-state index in [0.29, 0.717) is 12.3 Å². The Hall–Kier alpha value is -1.84. The smallest absolute Gasteiger partial charge is 0.243 e. The third kappa shape index (κ3) is 5.55. The Morgan fingerprint density at radius 1 is 1.16 bits per heavy atom. The molecule has 104 valence electrons. The molecule has 0 saturated heterocycles. The van der Waals surface area contributed by atoms with Crippen LogP contribution in [0.2, 0.25) is 0 Å². The maximum Gasteiger partial charge on any atom is 0.243 e. The summed E-state index contributed by atoms with van der Waals surface area (Å²) < 4.78 is 0. The van der Waals surface area contributed by atoms with E-state index in [-0.39, 0.29) is 18.4 Å². The van der Waals surface area contributed by atoms with Crippen molar-refractivity contribution < 1.29 is 9.59 Å². The molecule has 0 fully saturated rings. The van der Waals surface area contributed by atoms with Gasteiger partial charge >= 0.3 is 0 Å². The average Bonchev–Trinajstić information content (AvgIpc) is 2.30. The Kier molecular flexibility index (Phi) is 5.55. The van der Waals surface area contributed by atoms with Gasteiger partial charge in [0.15, 0.2) is 0 Å². The van der Waals surface area contributed by atoms with E-state index in [9.17, 15) is 9.59 Å². The third-order valence-electron chi connectivity index (χ3n) is 2.71. The van der Waals surface area contributed by atoms with Crippen LogP contribution in [0.25, 0.3) is 0 Å². The summed E-state index contributed by atoms with van der Waals surface area (Å²) in [6, 6.07) is 5.88. The normalized spacial score (nSPS) is 10.4. The number of carbonyl (C=O) groups is 2. The highest BCUT2D eigenvalue weighted by molar-refractivity contribution is 5.95. The van der Waals surface area contributed by atoms with Gasteiger partial charge in [-0.25, -0.2) is 0 Å². The predicted molar refractivity (Wildman–Crippen MR) is 77.0 cm³/mol. The average molecular weight is 262 g/mol. The van der Waals surface area contributed by atoms with Crippen LogP contribution < -0.4 is 10.6 Å². The largest absolute Gasteiger partial charge is 0.347 e. The zero-order chi connectivity index (χ0) is 14.4. The standard InChI is InChI=1S/C15H22N2O2/c1-10(2)7-14(18)16-9-15(19)17-13-8-11(3)5-6-12(13)4/h5-6,8,10H,7,9H2,1-4H3,(H,16,18)(H,17,19). The van der Waals surface area contributed by atoms with E-state index in [1.807, 2.05) is 45.9 Å². The van der Waals surface area contributed by atoms with Crippen molar-refractivity contribution in [2.45, 2.75) is 34.1 Å². The molecule has 0 aliphatic rings. The lowest BCUT2D eigenvalue weighted by Crippen LogP contribution is -2.33. The molecule has 1 aromatic carbocycles. The van der Waals surface area contributed by atoms with Crippen molar-refractivity contribution >= 4 is 17.5 Å². The molecule has 0 bridgehead atoms. The number of anilines is 1. The number of hydrogen-bond donors (Lipinski definition) is 2. The molecule has 0 aliphatic heterocycles. The lowest BCUT2D eigenvalue weighted by Gasteiger charge is -2.10. The molecule has 19 heavy (non-hydrogen) atoms. The summed E-state index contributed by atoms with van der Waals surface area (Å²) in [6.45, 7) is 7.86. The number of hydrogen-bond acceptors (Lipinski definition) is 2. The highest BCUT2D eigenvalue weighted by atomic mass is 16.2. The molecule has 0 saturated carbocycles. The van der Waals surface area contributed by atoms with Crippen molar-refractivity contribution in [2.24, 2.45) is 5.92 Å². The molecule has 4 heteroatoms. The van der Waals surface area contributed by atoms with Crippen LogP contribution in [0.5, 0.6) is 0 Å². The van der Waals surface area contributed by atoms with Gasteiger partial charge in [-0.05, 0) is 37.0 Å². The maximum atomic E-state index is 11.7. The summed E-state index contributed by atoms with van der Waals surface area (Å²) in [7, 11) is 0. The zero-order valence-corrected chi connectivity index (χ0v) is 12.0. The van der Waals surface area contributed by atoms with Gasteiger partial charge in [-0.3, -0.25) is 9.59 Å². The topological polar surface area (TPSA) is 58.2 Å². The second-order valence-electron chi connectivity index (χ2n) is 5.24. The van der Waals surface area contributed by atoms with Crippen LogP contribution in [0.3, 0.4) is 0 Å². The first-order chi connectivity index (χ1) is 8.88. The molecular weight excluding hydrogens is 240 g/mol. The predicted octanol–water partition coefficient (Wildman–Crippen LogP) is 2.40. The van der Waals surface area contributed by atoms with E-state index in [2.05, 4.69) is 10.6 Å². The first-order valence-corrected chi connectivity index (χ1v) is 6.52. The van der Waals surface area contributed by atoms with Crippen LogP contribution in [-0.2, 0) is 9.59 Å². The summed E-state index contributed by atoms with van der Waals surface area (Å²) in [6.07, 6.45) is 0.441. The molecule has 2 N–H and O–H groups in total. The number of carbonyl (C=O) groups excluding carboxylic acids is 2. The van der Waals surface area contributed by atoms with Crippen LogP contribution in [0.15, 0.2) is 18.2 Å². The highest BCUT2D eigenvalue weighted by Gasteiger charge is 2.08. The summed E-state index contributed by atoms with van der Waals surface area (Å²) in [5.74, 6) is -0.000927. The molecule has 0 spiro atoms. The van der Waals surface area contributed by atoms with E-state index < -0.39 is 0 Å². The number of aryl methyl sites for hydroxylation is 2. The monoisotopic (exact) mass is 262 g/mol. The fourth-order valence-corrected chi connectivity index (χ4v) is 1.69. The Morgan fingerprint density at radius 2 is 1.84 bits per heavy atom. The van der Waals surface area contributed by atoms with Crippen molar-refractivity contribution in [1.29, 1.82) is 0 Å². The minimum absolute atomic E-state index is 0.0128. The minimum Gasteiger partial charge on any atom is -0.347 e. The number of benzene rings is 1. The fraction of sp³-hybridized carbons (Fsp3) is 0.467. The number of rotatable bonds is 5. The Bertz CT molecular complexity index is 467. The van der Waals surface area contributed by atoms with Gasteiger partial charge in [-0.15, -0.1) is 0 Å². The Morgan fingerprint density at radius 3 is 2.47 bits per heavy atom. The van der Waals surface area contributed by atoms with Gasteiger partial charge in [0.1, 0.15) is 0 Å². The van der Waals surface area contributed by atoms with Gasteiger partial charge in [0.2, 0.25) is 11.8 Å². The molecule has 0 atom stereocenters. The lowest BCUT2D eigenvalue weighted by atomic mass is 10.1. The quantitative estimate of drug-likeness (QED) is 0.856. The molecule has 0 heterocycles. The van der Waals surface area contributed by atoms with Crippen molar-refractivity contribution in [2.75, 3.05) is 11.9 Å².